The van der Waals surface area contributed by atoms with E-state index in [-0.39, 0.29) is 18.3 Å². The van der Waals surface area contributed by atoms with Gasteiger partial charge in [-0.05, 0) is 28.8 Å². The first-order valence-electron chi connectivity index (χ1n) is 8.56. The highest BCUT2D eigenvalue weighted by molar-refractivity contribution is 6.39. The van der Waals surface area contributed by atoms with Gasteiger partial charge in [0.05, 0.1) is 0 Å². The third kappa shape index (κ3) is 2.75. The van der Waals surface area contributed by atoms with Crippen LogP contribution >= 0.6 is 24.0 Å². The van der Waals surface area contributed by atoms with Crippen LogP contribution in [0, 0.1) is 0 Å². The Bertz CT molecular complexity index is 739. The SMILES string of the molecule is CCN1CCN(C(=O)C2(Cl)c3ccccc3-c3ccccc32)CC1.Cl. The molecule has 0 radical (unpaired) electrons. The van der Waals surface area contributed by atoms with Crippen LogP contribution in [0.3, 0.4) is 0 Å². The lowest BCUT2D eigenvalue weighted by molar-refractivity contribution is -0.134. The minimum atomic E-state index is -1.10. The number of halogens is 2. The van der Waals surface area contributed by atoms with Gasteiger partial charge >= 0.3 is 0 Å². The molecule has 1 fully saturated rings. The van der Waals surface area contributed by atoms with Crippen LogP contribution in [0.1, 0.15) is 18.1 Å². The number of piperazine rings is 1. The molecule has 1 heterocycles. The van der Waals surface area contributed by atoms with E-state index in [0.717, 1.165) is 55.0 Å². The molecule has 0 saturated carbocycles. The molecule has 2 aromatic carbocycles. The smallest absolute Gasteiger partial charge is 0.253 e. The molecule has 4 rings (SSSR count). The average molecular weight is 377 g/mol. The fraction of sp³-hybridized carbons (Fsp3) is 0.350. The number of fused-ring (bicyclic) bond motifs is 3. The molecule has 0 aromatic heterocycles. The van der Waals surface area contributed by atoms with Gasteiger partial charge in [0.2, 0.25) is 0 Å². The number of amides is 1. The third-order valence-electron chi connectivity index (χ3n) is 5.29. The third-order valence-corrected chi connectivity index (χ3v) is 5.86. The molecule has 1 aliphatic carbocycles. The summed E-state index contributed by atoms with van der Waals surface area (Å²) in [4.78, 5) is 16.6. The van der Waals surface area contributed by atoms with Gasteiger partial charge in [0.15, 0.2) is 4.87 Å². The maximum atomic E-state index is 13.4. The van der Waals surface area contributed by atoms with Crippen molar-refractivity contribution in [2.24, 2.45) is 0 Å². The molecule has 2 aromatic rings. The molecule has 1 aliphatic heterocycles. The van der Waals surface area contributed by atoms with Crippen molar-refractivity contribution < 1.29 is 4.79 Å². The first-order chi connectivity index (χ1) is 11.7. The number of hydrogen-bond acceptors (Lipinski definition) is 2. The molecular weight excluding hydrogens is 355 g/mol. The summed E-state index contributed by atoms with van der Waals surface area (Å²) >= 11 is 7.08. The van der Waals surface area contributed by atoms with E-state index in [1.807, 2.05) is 41.3 Å². The lowest BCUT2D eigenvalue weighted by Gasteiger charge is -2.38. The summed E-state index contributed by atoms with van der Waals surface area (Å²) in [6, 6.07) is 16.0. The standard InChI is InChI=1S/C20H21ClN2O.ClH/c1-2-22-11-13-23(14-12-22)19(24)20(21)17-9-5-3-7-15(17)16-8-4-6-10-18(16)20;/h3-10H,2,11-14H2,1H3;1H. The number of hydrogen-bond donors (Lipinski definition) is 0. The van der Waals surface area contributed by atoms with Gasteiger partial charge < -0.3 is 9.80 Å². The largest absolute Gasteiger partial charge is 0.338 e. The molecule has 1 amide bonds. The molecular formula is C20H22Cl2N2O. The number of benzene rings is 2. The first-order valence-corrected chi connectivity index (χ1v) is 8.94. The van der Waals surface area contributed by atoms with Gasteiger partial charge in [0, 0.05) is 26.2 Å². The van der Waals surface area contributed by atoms with E-state index >= 15 is 0 Å². The van der Waals surface area contributed by atoms with Gasteiger partial charge in [0.25, 0.3) is 5.91 Å². The Morgan fingerprint density at radius 2 is 1.44 bits per heavy atom. The van der Waals surface area contributed by atoms with Gasteiger partial charge in [-0.2, -0.15) is 0 Å². The van der Waals surface area contributed by atoms with E-state index in [2.05, 4.69) is 24.0 Å². The maximum Gasteiger partial charge on any atom is 0.253 e. The van der Waals surface area contributed by atoms with Crippen LogP contribution in [-0.2, 0) is 9.67 Å². The van der Waals surface area contributed by atoms with Crippen molar-refractivity contribution in [3.05, 3.63) is 59.7 Å². The Morgan fingerprint density at radius 3 is 1.92 bits per heavy atom. The lowest BCUT2D eigenvalue weighted by Crippen LogP contribution is -2.53. The van der Waals surface area contributed by atoms with Crippen molar-refractivity contribution in [2.45, 2.75) is 11.8 Å². The molecule has 132 valence electrons. The Morgan fingerprint density at radius 1 is 0.960 bits per heavy atom. The van der Waals surface area contributed by atoms with Crippen LogP contribution in [0.25, 0.3) is 11.1 Å². The summed E-state index contributed by atoms with van der Waals surface area (Å²) in [6.07, 6.45) is 0. The van der Waals surface area contributed by atoms with Crippen molar-refractivity contribution in [3.8, 4) is 11.1 Å². The van der Waals surface area contributed by atoms with Crippen LogP contribution < -0.4 is 0 Å². The molecule has 0 unspecified atom stereocenters. The Balaban J connectivity index is 0.00000182. The van der Waals surface area contributed by atoms with Crippen molar-refractivity contribution in [3.63, 3.8) is 0 Å². The van der Waals surface area contributed by atoms with Gasteiger partial charge in [-0.3, -0.25) is 4.79 Å². The molecule has 0 spiro atoms. The zero-order valence-corrected chi connectivity index (χ0v) is 15.8. The highest BCUT2D eigenvalue weighted by Crippen LogP contribution is 2.52. The van der Waals surface area contributed by atoms with Crippen LogP contribution in [0.5, 0.6) is 0 Å². The van der Waals surface area contributed by atoms with Crippen LogP contribution in [0.4, 0.5) is 0 Å². The monoisotopic (exact) mass is 376 g/mol. The van der Waals surface area contributed by atoms with Crippen LogP contribution in [-0.4, -0.2) is 48.4 Å². The Labute approximate surface area is 160 Å². The molecule has 0 bridgehead atoms. The predicted octanol–water partition coefficient (Wildman–Crippen LogP) is 3.74. The minimum absolute atomic E-state index is 0. The summed E-state index contributed by atoms with van der Waals surface area (Å²) in [5.41, 5.74) is 3.97. The fourth-order valence-corrected chi connectivity index (χ4v) is 4.35. The molecule has 2 aliphatic rings. The zero-order chi connectivity index (χ0) is 16.7. The van der Waals surface area contributed by atoms with Crippen LogP contribution in [0.2, 0.25) is 0 Å². The molecule has 3 nitrogen and oxygen atoms in total. The maximum absolute atomic E-state index is 13.4. The number of alkyl halides is 1. The summed E-state index contributed by atoms with van der Waals surface area (Å²) in [6.45, 7) is 6.50. The summed E-state index contributed by atoms with van der Waals surface area (Å²) in [7, 11) is 0. The lowest BCUT2D eigenvalue weighted by atomic mass is 9.94. The number of nitrogens with zero attached hydrogens (tertiary/aromatic N) is 2. The van der Waals surface area contributed by atoms with Crippen molar-refractivity contribution in [1.29, 1.82) is 0 Å². The van der Waals surface area contributed by atoms with Gasteiger partial charge in [0.1, 0.15) is 0 Å². The van der Waals surface area contributed by atoms with Crippen LogP contribution in [0.15, 0.2) is 48.5 Å². The van der Waals surface area contributed by atoms with Gasteiger partial charge in [-0.1, -0.05) is 67.1 Å². The number of carbonyl (C=O) groups is 1. The van der Waals surface area contributed by atoms with Gasteiger partial charge in [-0.15, -0.1) is 12.4 Å². The Kier molecular flexibility index (Phi) is 5.10. The number of rotatable bonds is 2. The summed E-state index contributed by atoms with van der Waals surface area (Å²) in [5, 5.41) is 0. The normalized spacial score (nSPS) is 18.2. The molecule has 0 N–H and O–H groups in total. The van der Waals surface area contributed by atoms with E-state index in [0.29, 0.717) is 0 Å². The molecule has 0 atom stereocenters. The van der Waals surface area contributed by atoms with Crippen molar-refractivity contribution in [1.82, 2.24) is 9.80 Å². The summed E-state index contributed by atoms with van der Waals surface area (Å²) in [5.74, 6) is 0.0114. The zero-order valence-electron chi connectivity index (χ0n) is 14.2. The van der Waals surface area contributed by atoms with Crippen molar-refractivity contribution >= 4 is 29.9 Å². The Hall–Kier alpha value is -1.55. The minimum Gasteiger partial charge on any atom is -0.338 e. The van der Waals surface area contributed by atoms with Gasteiger partial charge in [-0.25, -0.2) is 0 Å². The second-order valence-corrected chi connectivity index (χ2v) is 7.04. The average Bonchev–Trinajstić information content (AvgIpc) is 2.92. The molecule has 25 heavy (non-hydrogen) atoms. The highest BCUT2D eigenvalue weighted by atomic mass is 35.5. The molecule has 5 heteroatoms. The highest BCUT2D eigenvalue weighted by Gasteiger charge is 2.49. The second kappa shape index (κ2) is 6.99. The predicted molar refractivity (Wildman–Crippen MR) is 104 cm³/mol. The second-order valence-electron chi connectivity index (χ2n) is 6.48. The molecule has 1 saturated heterocycles. The topological polar surface area (TPSA) is 23.6 Å². The van der Waals surface area contributed by atoms with E-state index in [9.17, 15) is 4.79 Å². The fourth-order valence-electron chi connectivity index (χ4n) is 3.90. The van der Waals surface area contributed by atoms with E-state index in [4.69, 9.17) is 11.6 Å². The number of likely N-dealkylation sites (N-methyl/N-ethyl adjacent to an activating group) is 1. The quantitative estimate of drug-likeness (QED) is 0.745. The number of carbonyl (C=O) groups excluding carboxylic acids is 1. The van der Waals surface area contributed by atoms with E-state index < -0.39 is 4.87 Å². The van der Waals surface area contributed by atoms with Crippen molar-refractivity contribution in [2.75, 3.05) is 32.7 Å². The summed E-state index contributed by atoms with van der Waals surface area (Å²) < 4.78 is 0. The first kappa shape index (κ1) is 18.2. The van der Waals surface area contributed by atoms with E-state index in [1.165, 1.54) is 0 Å². The van der Waals surface area contributed by atoms with E-state index in [1.54, 1.807) is 0 Å².